The maximum absolute atomic E-state index is 13.5. The minimum atomic E-state index is -0.349. The summed E-state index contributed by atoms with van der Waals surface area (Å²) in [6, 6.07) is 24.4. The van der Waals surface area contributed by atoms with E-state index in [-0.39, 0.29) is 18.3 Å². The zero-order valence-electron chi connectivity index (χ0n) is 22.1. The first kappa shape index (κ1) is 29.5. The molecule has 0 aliphatic rings. The number of hydrazone groups is 1. The van der Waals surface area contributed by atoms with Gasteiger partial charge in [-0.1, -0.05) is 35.9 Å². The molecular weight excluding hydrogens is 690 g/mol. The van der Waals surface area contributed by atoms with Gasteiger partial charge in [0.1, 0.15) is 12.4 Å². The van der Waals surface area contributed by atoms with E-state index in [2.05, 4.69) is 43.4 Å². The number of aromatic nitrogens is 1. The summed E-state index contributed by atoms with van der Waals surface area (Å²) in [5, 5.41) is 10.7. The Bertz CT molecular complexity index is 1730. The number of halogens is 3. The second-order valence-corrected chi connectivity index (χ2v) is 11.4. The molecule has 0 bridgehead atoms. The number of methoxy groups -OCH3 is 1. The molecule has 0 unspecified atom stereocenters. The van der Waals surface area contributed by atoms with Crippen molar-refractivity contribution < 1.29 is 18.7 Å². The van der Waals surface area contributed by atoms with Crippen LogP contribution in [-0.2, 0) is 6.61 Å². The second kappa shape index (κ2) is 13.8. The molecule has 0 aliphatic carbocycles. The third kappa shape index (κ3) is 7.64. The predicted molar refractivity (Wildman–Crippen MR) is 174 cm³/mol. The monoisotopic (exact) mass is 712 g/mol. The van der Waals surface area contributed by atoms with Crippen LogP contribution in [0.15, 0.2) is 95.4 Å². The lowest BCUT2D eigenvalue weighted by atomic mass is 10.1. The van der Waals surface area contributed by atoms with Gasteiger partial charge in [-0.05, 0) is 94.4 Å². The first-order chi connectivity index (χ1) is 20.4. The van der Waals surface area contributed by atoms with Crippen LogP contribution in [0.2, 0.25) is 5.02 Å². The Hall–Kier alpha value is -4.00. The van der Waals surface area contributed by atoms with Gasteiger partial charge < -0.3 is 14.8 Å². The molecule has 5 rings (SSSR count). The molecule has 0 saturated heterocycles. The summed E-state index contributed by atoms with van der Waals surface area (Å²) < 4.78 is 25.7. The number of thiazole rings is 1. The van der Waals surface area contributed by atoms with Crippen molar-refractivity contribution in [3.63, 3.8) is 0 Å². The van der Waals surface area contributed by atoms with Crippen LogP contribution in [0.5, 0.6) is 11.5 Å². The molecular formula is C31H23ClFIN4O3S. The van der Waals surface area contributed by atoms with E-state index in [0.29, 0.717) is 33.2 Å². The van der Waals surface area contributed by atoms with Crippen molar-refractivity contribution >= 4 is 68.5 Å². The van der Waals surface area contributed by atoms with Crippen molar-refractivity contribution in [3.8, 4) is 22.8 Å². The molecule has 1 aromatic heterocycles. The van der Waals surface area contributed by atoms with Crippen LogP contribution < -0.4 is 20.2 Å². The summed E-state index contributed by atoms with van der Waals surface area (Å²) in [5.41, 5.74) is 7.00. The standard InChI is InChI=1S/C31H23ClFIN4O3S/c1-40-28-15-20(14-26(34)29(28)41-17-19-3-2-4-24(33)13-19)16-35-38-30(39)22-7-5-21(6-8-22)27-18-42-31(37-27)36-25-11-9-23(32)10-12-25/h2-16,18H,17H2,1H3,(H,36,37)(H,38,39)/b35-16-. The van der Waals surface area contributed by atoms with Gasteiger partial charge in [0.05, 0.1) is 22.6 Å². The third-order valence-electron chi connectivity index (χ3n) is 5.95. The van der Waals surface area contributed by atoms with Gasteiger partial charge in [-0.15, -0.1) is 11.3 Å². The van der Waals surface area contributed by atoms with Crippen LogP contribution in [0.4, 0.5) is 15.2 Å². The summed E-state index contributed by atoms with van der Waals surface area (Å²) in [6.07, 6.45) is 1.53. The lowest BCUT2D eigenvalue weighted by Gasteiger charge is -2.13. The van der Waals surface area contributed by atoms with Crippen molar-refractivity contribution in [1.29, 1.82) is 0 Å². The van der Waals surface area contributed by atoms with E-state index in [1.807, 2.05) is 47.8 Å². The van der Waals surface area contributed by atoms with Crippen molar-refractivity contribution in [2.45, 2.75) is 6.61 Å². The Morgan fingerprint density at radius 1 is 1.10 bits per heavy atom. The number of nitrogens with one attached hydrogen (secondary N) is 2. The van der Waals surface area contributed by atoms with Gasteiger partial charge in [-0.25, -0.2) is 14.8 Å². The van der Waals surface area contributed by atoms with Crippen LogP contribution >= 0.6 is 45.5 Å². The number of carbonyl (C=O) groups is 1. The third-order valence-corrected chi connectivity index (χ3v) is 7.76. The van der Waals surface area contributed by atoms with E-state index in [1.54, 1.807) is 30.3 Å². The summed E-state index contributed by atoms with van der Waals surface area (Å²) >= 11 is 9.57. The smallest absolute Gasteiger partial charge is 0.271 e. The summed E-state index contributed by atoms with van der Waals surface area (Å²) in [5.74, 6) is 0.365. The SMILES string of the molecule is COc1cc(/C=N\NC(=O)c2ccc(-c3csc(Nc4ccc(Cl)cc4)n3)cc2)cc(I)c1OCc1cccc(F)c1. The number of ether oxygens (including phenoxy) is 2. The van der Waals surface area contributed by atoms with Gasteiger partial charge in [0.15, 0.2) is 16.6 Å². The highest BCUT2D eigenvalue weighted by molar-refractivity contribution is 14.1. The predicted octanol–water partition coefficient (Wildman–Crippen LogP) is 8.30. The van der Waals surface area contributed by atoms with E-state index in [0.717, 1.165) is 25.6 Å². The highest BCUT2D eigenvalue weighted by Gasteiger charge is 2.12. The Balaban J connectivity index is 1.18. The molecule has 11 heteroatoms. The van der Waals surface area contributed by atoms with Gasteiger partial charge in [0.25, 0.3) is 5.91 Å². The van der Waals surface area contributed by atoms with Crippen LogP contribution in [0, 0.1) is 9.39 Å². The molecule has 0 aliphatic heterocycles. The van der Waals surface area contributed by atoms with Crippen molar-refractivity contribution in [2.75, 3.05) is 12.4 Å². The molecule has 2 N–H and O–H groups in total. The highest BCUT2D eigenvalue weighted by atomic mass is 127. The molecule has 212 valence electrons. The van der Waals surface area contributed by atoms with E-state index in [4.69, 9.17) is 21.1 Å². The molecule has 1 amide bonds. The Labute approximate surface area is 264 Å². The number of carbonyl (C=O) groups excluding carboxylic acids is 1. The number of anilines is 2. The van der Waals surface area contributed by atoms with Crippen LogP contribution in [0.3, 0.4) is 0 Å². The molecule has 42 heavy (non-hydrogen) atoms. The molecule has 1 heterocycles. The topological polar surface area (TPSA) is 84.8 Å². The molecule has 0 spiro atoms. The Morgan fingerprint density at radius 3 is 2.62 bits per heavy atom. The minimum absolute atomic E-state index is 0.191. The summed E-state index contributed by atoms with van der Waals surface area (Å²) in [6.45, 7) is 0.191. The van der Waals surface area contributed by atoms with Gasteiger partial charge in [-0.2, -0.15) is 5.10 Å². The molecule has 0 atom stereocenters. The lowest BCUT2D eigenvalue weighted by molar-refractivity contribution is 0.0955. The van der Waals surface area contributed by atoms with E-state index in [1.165, 1.54) is 36.8 Å². The summed E-state index contributed by atoms with van der Waals surface area (Å²) in [4.78, 5) is 17.3. The molecule has 0 radical (unpaired) electrons. The zero-order valence-corrected chi connectivity index (χ0v) is 25.8. The number of benzene rings is 4. The molecule has 0 saturated carbocycles. The quantitative estimate of drug-likeness (QED) is 0.0865. The highest BCUT2D eigenvalue weighted by Crippen LogP contribution is 2.34. The maximum Gasteiger partial charge on any atom is 0.271 e. The van der Waals surface area contributed by atoms with Crippen LogP contribution in [0.1, 0.15) is 21.5 Å². The normalized spacial score (nSPS) is 11.0. The van der Waals surface area contributed by atoms with E-state index in [9.17, 15) is 9.18 Å². The lowest BCUT2D eigenvalue weighted by Crippen LogP contribution is -2.17. The number of hydrogen-bond acceptors (Lipinski definition) is 7. The average Bonchev–Trinajstić information content (AvgIpc) is 3.46. The second-order valence-electron chi connectivity index (χ2n) is 8.90. The van der Waals surface area contributed by atoms with Gasteiger partial charge in [0, 0.05) is 27.2 Å². The van der Waals surface area contributed by atoms with E-state index < -0.39 is 0 Å². The fraction of sp³-hybridized carbons (Fsp3) is 0.0645. The first-order valence-corrected chi connectivity index (χ1v) is 14.9. The number of amides is 1. The van der Waals surface area contributed by atoms with E-state index >= 15 is 0 Å². The number of hydrogen-bond donors (Lipinski definition) is 2. The number of nitrogens with zero attached hydrogens (tertiary/aromatic N) is 2. The Kier molecular flexibility index (Phi) is 9.67. The van der Waals surface area contributed by atoms with Crippen molar-refractivity contribution in [3.05, 3.63) is 121 Å². The maximum atomic E-state index is 13.5. The van der Waals surface area contributed by atoms with Gasteiger partial charge in [-0.3, -0.25) is 4.79 Å². The molecule has 0 fully saturated rings. The largest absolute Gasteiger partial charge is 0.493 e. The molecule has 4 aromatic carbocycles. The van der Waals surface area contributed by atoms with Crippen molar-refractivity contribution in [2.24, 2.45) is 5.10 Å². The fourth-order valence-corrected chi connectivity index (χ4v) is 5.53. The molecule has 7 nitrogen and oxygen atoms in total. The van der Waals surface area contributed by atoms with Crippen LogP contribution in [0.25, 0.3) is 11.3 Å². The van der Waals surface area contributed by atoms with Crippen LogP contribution in [-0.4, -0.2) is 24.2 Å². The Morgan fingerprint density at radius 2 is 1.88 bits per heavy atom. The minimum Gasteiger partial charge on any atom is -0.493 e. The molecule has 5 aromatic rings. The summed E-state index contributed by atoms with van der Waals surface area (Å²) in [7, 11) is 1.54. The zero-order chi connectivity index (χ0) is 29.5. The first-order valence-electron chi connectivity index (χ1n) is 12.5. The number of rotatable bonds is 10. The van der Waals surface area contributed by atoms with Gasteiger partial charge >= 0.3 is 0 Å². The van der Waals surface area contributed by atoms with Gasteiger partial charge in [0.2, 0.25) is 0 Å². The fourth-order valence-electron chi connectivity index (χ4n) is 3.88. The van der Waals surface area contributed by atoms with Crippen molar-refractivity contribution in [1.82, 2.24) is 10.4 Å². The average molecular weight is 713 g/mol.